The molecule has 0 atom stereocenters. The number of hydrogen-bond donors (Lipinski definition) is 0. The first-order chi connectivity index (χ1) is 18.5. The zero-order valence-corrected chi connectivity index (χ0v) is 28.0. The van der Waals surface area contributed by atoms with Crippen molar-refractivity contribution >= 4 is 35.0 Å². The summed E-state index contributed by atoms with van der Waals surface area (Å²) in [7, 11) is 0. The third-order valence-corrected chi connectivity index (χ3v) is 7.47. The Hall–Kier alpha value is -0.294. The van der Waals surface area contributed by atoms with E-state index in [1.165, 1.54) is 154 Å². The van der Waals surface area contributed by atoms with E-state index in [4.69, 9.17) is 0 Å². The molecule has 39 heavy (non-hydrogen) atoms. The minimum absolute atomic E-state index is 0. The van der Waals surface area contributed by atoms with Gasteiger partial charge in [-0.15, -0.1) is 0 Å². The van der Waals surface area contributed by atoms with Gasteiger partial charge >= 0.3 is 23.1 Å². The van der Waals surface area contributed by atoms with Crippen LogP contribution in [0.5, 0.6) is 0 Å². The summed E-state index contributed by atoms with van der Waals surface area (Å²) in [6.07, 6.45) is 36.8. The molecule has 0 N–H and O–H groups in total. The van der Waals surface area contributed by atoms with Crippen molar-refractivity contribution in [1.82, 2.24) is 0 Å². The Kier molecular flexibility index (Phi) is 44.1. The predicted octanol–water partition coefficient (Wildman–Crippen LogP) is 8.83. The molecule has 228 valence electrons. The average molecular weight is 563 g/mol. The maximum atomic E-state index is 10.2. The molecular weight excluding hydrogens is 497 g/mol. The van der Waals surface area contributed by atoms with Crippen molar-refractivity contribution in [3.05, 3.63) is 0 Å². The number of carbonyl (C=O) groups excluding carboxylic acids is 2. The van der Waals surface area contributed by atoms with E-state index in [1.807, 2.05) is 0 Å². The summed E-state index contributed by atoms with van der Waals surface area (Å²) in [5, 5.41) is 20.4. The number of rotatable bonds is 30. The Labute approximate surface area is 260 Å². The molecule has 0 unspecified atom stereocenters. The molecule has 0 bridgehead atoms. The maximum Gasteiger partial charge on any atom is 2.00 e. The van der Waals surface area contributed by atoms with Crippen molar-refractivity contribution in [3.63, 3.8) is 0 Å². The van der Waals surface area contributed by atoms with Crippen LogP contribution in [0.1, 0.15) is 206 Å². The van der Waals surface area contributed by atoms with Crippen molar-refractivity contribution in [3.8, 4) is 0 Å². The summed E-state index contributed by atoms with van der Waals surface area (Å²) in [6.45, 7) is 4.52. The van der Waals surface area contributed by atoms with Crippen LogP contribution in [-0.4, -0.2) is 35.0 Å². The van der Waals surface area contributed by atoms with E-state index in [0.29, 0.717) is 0 Å². The van der Waals surface area contributed by atoms with Gasteiger partial charge in [0, 0.05) is 11.9 Å². The monoisotopic (exact) mass is 562 g/mol. The number of hydrogen-bond acceptors (Lipinski definition) is 4. The third kappa shape index (κ3) is 47.8. The quantitative estimate of drug-likeness (QED) is 0.0646. The minimum atomic E-state index is -0.904. The molecule has 0 saturated heterocycles. The topological polar surface area (TPSA) is 80.3 Å². The van der Waals surface area contributed by atoms with Gasteiger partial charge in [-0.2, -0.15) is 0 Å². The van der Waals surface area contributed by atoms with Gasteiger partial charge in [-0.25, -0.2) is 0 Å². The molecule has 0 aliphatic rings. The van der Waals surface area contributed by atoms with Crippen molar-refractivity contribution < 1.29 is 19.8 Å². The standard InChI is InChI=1S/2C17H34O2.Mg/c2*1-2-3-4-5-6-7-8-9-10-11-12-13-14-15-16-17(18)19;/h2*2-16H2,1H3,(H,18,19);/q;;+2/p-2. The number of carbonyl (C=O) groups is 2. The van der Waals surface area contributed by atoms with Crippen molar-refractivity contribution in [2.75, 3.05) is 0 Å². The van der Waals surface area contributed by atoms with Crippen molar-refractivity contribution in [2.24, 2.45) is 0 Å². The molecule has 0 aliphatic heterocycles. The molecule has 0 aromatic carbocycles. The zero-order valence-electron chi connectivity index (χ0n) is 26.6. The van der Waals surface area contributed by atoms with Crippen LogP contribution in [0.15, 0.2) is 0 Å². The molecule has 0 heterocycles. The fraction of sp³-hybridized carbons (Fsp3) is 0.941. The molecule has 0 radical (unpaired) electrons. The minimum Gasteiger partial charge on any atom is -0.550 e. The van der Waals surface area contributed by atoms with Gasteiger partial charge in [-0.3, -0.25) is 0 Å². The summed E-state index contributed by atoms with van der Waals surface area (Å²) >= 11 is 0. The van der Waals surface area contributed by atoms with Gasteiger partial charge in [0.25, 0.3) is 0 Å². The van der Waals surface area contributed by atoms with Gasteiger partial charge in [0.05, 0.1) is 0 Å². The van der Waals surface area contributed by atoms with Crippen LogP contribution >= 0.6 is 0 Å². The van der Waals surface area contributed by atoms with E-state index in [1.54, 1.807) is 0 Å². The van der Waals surface area contributed by atoms with E-state index in [9.17, 15) is 19.8 Å². The van der Waals surface area contributed by atoms with Crippen LogP contribution in [0.3, 0.4) is 0 Å². The van der Waals surface area contributed by atoms with Gasteiger partial charge < -0.3 is 19.8 Å². The van der Waals surface area contributed by atoms with Crippen molar-refractivity contribution in [2.45, 2.75) is 206 Å². The van der Waals surface area contributed by atoms with Crippen LogP contribution in [0.4, 0.5) is 0 Å². The molecule has 0 amide bonds. The second kappa shape index (κ2) is 39.8. The van der Waals surface area contributed by atoms with Crippen LogP contribution in [0.25, 0.3) is 0 Å². The molecule has 0 rings (SSSR count). The number of unbranched alkanes of at least 4 members (excludes halogenated alkanes) is 26. The van der Waals surface area contributed by atoms with Gasteiger partial charge in [0.2, 0.25) is 0 Å². The number of aliphatic carboxylic acids is 2. The second-order valence-corrected chi connectivity index (χ2v) is 11.4. The van der Waals surface area contributed by atoms with Gasteiger partial charge in [0.1, 0.15) is 0 Å². The predicted molar refractivity (Wildman–Crippen MR) is 166 cm³/mol. The van der Waals surface area contributed by atoms with Crippen LogP contribution in [0.2, 0.25) is 0 Å². The molecule has 0 saturated carbocycles. The fourth-order valence-corrected chi connectivity index (χ4v) is 4.93. The van der Waals surface area contributed by atoms with Crippen LogP contribution in [-0.2, 0) is 9.59 Å². The fourth-order valence-electron chi connectivity index (χ4n) is 4.93. The molecule has 0 aliphatic carbocycles. The number of carboxylic acid groups (broad SMARTS) is 2. The molecular formula is C34H66MgO4. The summed E-state index contributed by atoms with van der Waals surface area (Å²) in [4.78, 5) is 20.4. The first kappa shape index (κ1) is 43.2. The van der Waals surface area contributed by atoms with E-state index in [2.05, 4.69) is 13.8 Å². The SMILES string of the molecule is CCCCCCCCCCCCCCCCC(=O)[O-].CCCCCCCCCCCCCCCCC(=O)[O-].[Mg+2]. The van der Waals surface area contributed by atoms with Gasteiger partial charge in [-0.1, -0.05) is 181 Å². The Balaban J connectivity index is -0.000000648. The first-order valence-corrected chi connectivity index (χ1v) is 16.9. The Morgan fingerprint density at radius 3 is 0.641 bits per heavy atom. The summed E-state index contributed by atoms with van der Waals surface area (Å²) in [5.41, 5.74) is 0. The smallest absolute Gasteiger partial charge is 0.550 e. The van der Waals surface area contributed by atoms with E-state index in [-0.39, 0.29) is 35.9 Å². The van der Waals surface area contributed by atoms with Crippen LogP contribution < -0.4 is 10.2 Å². The molecule has 0 fully saturated rings. The molecule has 4 nitrogen and oxygen atoms in total. The second-order valence-electron chi connectivity index (χ2n) is 11.4. The Bertz CT molecular complexity index is 428. The van der Waals surface area contributed by atoms with E-state index >= 15 is 0 Å². The van der Waals surface area contributed by atoms with Crippen molar-refractivity contribution in [1.29, 1.82) is 0 Å². The third-order valence-electron chi connectivity index (χ3n) is 7.47. The molecule has 0 spiro atoms. The summed E-state index contributed by atoms with van der Waals surface area (Å²) < 4.78 is 0. The summed E-state index contributed by atoms with van der Waals surface area (Å²) in [5.74, 6) is -1.81. The molecule has 0 aromatic rings. The summed E-state index contributed by atoms with van der Waals surface area (Å²) in [6, 6.07) is 0. The molecule has 0 aromatic heterocycles. The number of carboxylic acids is 2. The van der Waals surface area contributed by atoms with Gasteiger partial charge in [-0.05, 0) is 25.7 Å². The first-order valence-electron chi connectivity index (χ1n) is 16.9. The Morgan fingerprint density at radius 1 is 0.333 bits per heavy atom. The van der Waals surface area contributed by atoms with E-state index in [0.717, 1.165) is 25.7 Å². The maximum absolute atomic E-state index is 10.2. The Morgan fingerprint density at radius 2 is 0.487 bits per heavy atom. The van der Waals surface area contributed by atoms with Gasteiger partial charge in [0.15, 0.2) is 0 Å². The largest absolute Gasteiger partial charge is 2.00 e. The van der Waals surface area contributed by atoms with Crippen LogP contribution in [0, 0.1) is 0 Å². The average Bonchev–Trinajstić information content (AvgIpc) is 2.89. The normalized spacial score (nSPS) is 10.5. The van der Waals surface area contributed by atoms with E-state index < -0.39 is 11.9 Å². The zero-order chi connectivity index (χ0) is 28.4. The molecule has 5 heteroatoms.